The zero-order valence-electron chi connectivity index (χ0n) is 12.6. The summed E-state index contributed by atoms with van der Waals surface area (Å²) in [4.78, 5) is 0. The van der Waals surface area contributed by atoms with Crippen molar-refractivity contribution < 1.29 is 12.3 Å². The van der Waals surface area contributed by atoms with Crippen molar-refractivity contribution in [3.8, 4) is 0 Å². The van der Waals surface area contributed by atoms with E-state index in [9.17, 15) is 12.3 Å². The van der Waals surface area contributed by atoms with Gasteiger partial charge in [0.05, 0.1) is 24.2 Å². The molecule has 0 aromatic carbocycles. The van der Waals surface area contributed by atoms with Gasteiger partial charge in [0.15, 0.2) is 0 Å². The fourth-order valence-corrected chi connectivity index (χ4v) is 41.9. The van der Waals surface area contributed by atoms with Crippen molar-refractivity contribution in [2.75, 3.05) is 0 Å². The van der Waals surface area contributed by atoms with E-state index in [1.54, 1.807) is 0 Å². The summed E-state index contributed by atoms with van der Waals surface area (Å²) in [5.41, 5.74) is 0. The maximum atomic E-state index is 14.1. The average molecular weight is 317 g/mol. The van der Waals surface area contributed by atoms with E-state index in [0.717, 1.165) is 0 Å². The summed E-state index contributed by atoms with van der Waals surface area (Å²) in [6, 6.07) is 0. The summed E-state index contributed by atoms with van der Waals surface area (Å²) in [5, 5.41) is 0. The first kappa shape index (κ1) is 17.7. The molecule has 0 nitrogen and oxygen atoms in total. The normalized spacial score (nSPS) is 16.2. The number of hydrogen-bond donors (Lipinski definition) is 0. The van der Waals surface area contributed by atoms with Crippen molar-refractivity contribution in [1.29, 1.82) is 0 Å². The van der Waals surface area contributed by atoms with Gasteiger partial charge in [-0.25, -0.2) is 12.3 Å². The maximum absolute atomic E-state index is 14.1. The molecule has 0 N–H and O–H groups in total. The average Bonchev–Trinajstić information content (AvgIpc) is 1.67. The number of hydrogen-bond acceptors (Lipinski definition) is 0. The van der Waals surface area contributed by atoms with Gasteiger partial charge in [-0.1, -0.05) is 58.9 Å². The summed E-state index contributed by atoms with van der Waals surface area (Å²) in [5.74, 6) is 0. The van der Waals surface area contributed by atoms with Crippen LogP contribution in [0.3, 0.4) is 0 Å². The van der Waals surface area contributed by atoms with Crippen LogP contribution in [0.15, 0.2) is 0 Å². The van der Waals surface area contributed by atoms with Crippen LogP contribution in [0.5, 0.6) is 0 Å². The first-order valence-corrected chi connectivity index (χ1v) is 18.2. The van der Waals surface area contributed by atoms with Crippen LogP contribution < -0.4 is 0 Å². The molecule has 0 amide bonds. The van der Waals surface area contributed by atoms with E-state index in [-0.39, 0.29) is 0 Å². The fourth-order valence-electron chi connectivity index (χ4n) is 4.65. The van der Waals surface area contributed by atoms with Gasteiger partial charge in [0, 0.05) is 3.91 Å². The van der Waals surface area contributed by atoms with Crippen LogP contribution in [0.4, 0.5) is 12.3 Å². The van der Waals surface area contributed by atoms with Gasteiger partial charge in [-0.2, -0.15) is 0 Å². The van der Waals surface area contributed by atoms with Crippen LogP contribution >= 0.6 is 0 Å². The zero-order valence-corrected chi connectivity index (χ0v) is 16.6. The number of halogens is 3. The van der Waals surface area contributed by atoms with Crippen molar-refractivity contribution >= 4 is 33.3 Å². The molecule has 0 atom stereocenters. The Morgan fingerprint density at radius 2 is 0.706 bits per heavy atom. The third-order valence-corrected chi connectivity index (χ3v) is 34.2. The van der Waals surface area contributed by atoms with E-state index in [1.165, 1.54) is 0 Å². The van der Waals surface area contributed by atoms with E-state index >= 15 is 0 Å². The quantitative estimate of drug-likeness (QED) is 0.493. The molecule has 0 radical (unpaired) electrons. The summed E-state index contributed by atoms with van der Waals surface area (Å²) in [6.45, 7) is 17.4. The molecule has 0 aliphatic carbocycles. The van der Waals surface area contributed by atoms with Crippen LogP contribution in [-0.2, 0) is 0 Å². The van der Waals surface area contributed by atoms with Gasteiger partial charge in [-0.05, 0) is 0 Å². The van der Waals surface area contributed by atoms with Crippen molar-refractivity contribution in [1.82, 2.24) is 0 Å². The van der Waals surface area contributed by atoms with E-state index in [0.29, 0.717) is 0 Å². The first-order valence-electron chi connectivity index (χ1n) is 6.07. The maximum Gasteiger partial charge on any atom is 0.613 e. The predicted molar refractivity (Wildman–Crippen MR) is 81.8 cm³/mol. The highest BCUT2D eigenvalue weighted by atomic mass is 28.6. The third kappa shape index (κ3) is 2.66. The highest BCUT2D eigenvalue weighted by molar-refractivity contribution is 7.26. The van der Waals surface area contributed by atoms with Crippen molar-refractivity contribution in [2.24, 2.45) is 0 Å². The molecule has 0 saturated heterocycles. The summed E-state index contributed by atoms with van der Waals surface area (Å²) in [6.07, 6.45) is 0. The Labute approximate surface area is 109 Å². The largest absolute Gasteiger partial charge is 0.613 e. The summed E-state index contributed by atoms with van der Waals surface area (Å²) < 4.78 is 41.1. The molecule has 0 aliphatic rings. The van der Waals surface area contributed by atoms with Gasteiger partial charge in [-0.15, -0.1) is 0 Å². The predicted octanol–water partition coefficient (Wildman–Crippen LogP) is 5.21. The van der Waals surface area contributed by atoms with Crippen molar-refractivity contribution in [3.63, 3.8) is 0 Å². The summed E-state index contributed by atoms with van der Waals surface area (Å²) in [7, 11) is -12.5. The van der Waals surface area contributed by atoms with E-state index < -0.39 is 37.2 Å². The van der Waals surface area contributed by atoms with Crippen LogP contribution in [0, 0.1) is 0 Å². The Hall–Kier alpha value is 0.658. The zero-order chi connectivity index (χ0) is 14.5. The minimum absolute atomic E-state index is 1.19. The molecule has 0 heterocycles. The summed E-state index contributed by atoms with van der Waals surface area (Å²) >= 11 is 0. The Kier molecular flexibility index (Phi) is 4.51. The minimum atomic E-state index is -5.66. The Bertz CT molecular complexity index is 216. The van der Waals surface area contributed by atoms with Crippen LogP contribution in [-0.4, -0.2) is 33.3 Å². The van der Waals surface area contributed by atoms with Gasteiger partial charge < -0.3 is 0 Å². The second-order valence-electron chi connectivity index (χ2n) is 8.00. The Morgan fingerprint density at radius 3 is 0.706 bits per heavy atom. The highest BCUT2D eigenvalue weighted by Crippen LogP contribution is 2.60. The van der Waals surface area contributed by atoms with Gasteiger partial charge in [0.25, 0.3) is 0 Å². The lowest BCUT2D eigenvalue weighted by molar-refractivity contribution is 0.461. The lowest BCUT2D eigenvalue weighted by Gasteiger charge is -2.58. The molecular weight excluding hydrogens is 289 g/mol. The second-order valence-corrected chi connectivity index (χ2v) is 28.5. The van der Waals surface area contributed by atoms with Gasteiger partial charge in [-0.3, -0.25) is 0 Å². The number of rotatable bonds is 4. The molecule has 0 aromatic heterocycles. The monoisotopic (exact) mass is 316 g/mol. The Balaban J connectivity index is 6.37. The molecule has 0 spiro atoms. The minimum Gasteiger partial charge on any atom is -0.238 e. The molecule has 0 aromatic rings. The van der Waals surface area contributed by atoms with Gasteiger partial charge >= 0.3 is 9.08 Å². The lowest BCUT2D eigenvalue weighted by Crippen LogP contribution is -2.73. The second kappa shape index (κ2) is 4.34. The lowest BCUT2D eigenvalue weighted by atomic mass is 11.6. The van der Waals surface area contributed by atoms with Crippen LogP contribution in [0.1, 0.15) is 0 Å². The van der Waals surface area contributed by atoms with Crippen molar-refractivity contribution in [2.45, 2.75) is 62.8 Å². The molecule has 7 heteroatoms. The molecule has 0 saturated carbocycles. The topological polar surface area (TPSA) is 0 Å². The van der Waals surface area contributed by atoms with Crippen LogP contribution in [0.25, 0.3) is 0 Å². The SMILES string of the molecule is C[Si](C)(C)C([Si](C)(C)C)([Si](C)(C)C)[Si](F)(F)F. The molecule has 0 fully saturated rings. The van der Waals surface area contributed by atoms with E-state index in [1.807, 2.05) is 58.9 Å². The van der Waals surface area contributed by atoms with Gasteiger partial charge in [0.1, 0.15) is 0 Å². The molecule has 104 valence electrons. The van der Waals surface area contributed by atoms with Gasteiger partial charge in [0.2, 0.25) is 0 Å². The molecule has 0 aliphatic heterocycles. The van der Waals surface area contributed by atoms with E-state index in [2.05, 4.69) is 0 Å². The van der Waals surface area contributed by atoms with Crippen molar-refractivity contribution in [3.05, 3.63) is 0 Å². The fraction of sp³-hybridized carbons (Fsp3) is 1.00. The third-order valence-electron chi connectivity index (χ3n) is 3.80. The Morgan fingerprint density at radius 1 is 0.529 bits per heavy atom. The standard InChI is InChI=1S/C10H27F3Si4/c1-14(2,3)10(15(4,5)6,16(7,8)9)17(11,12)13/h1-9H3. The molecular formula is C10H27F3Si4. The first-order chi connectivity index (χ1) is 7.00. The molecule has 17 heavy (non-hydrogen) atoms. The molecule has 0 unspecified atom stereocenters. The molecule has 0 rings (SSSR count). The van der Waals surface area contributed by atoms with Crippen LogP contribution in [0.2, 0.25) is 62.8 Å². The highest BCUT2D eigenvalue weighted by Gasteiger charge is 2.76. The molecule has 0 bridgehead atoms. The smallest absolute Gasteiger partial charge is 0.238 e. The van der Waals surface area contributed by atoms with E-state index in [4.69, 9.17) is 0 Å².